The van der Waals surface area contributed by atoms with Gasteiger partial charge in [0.25, 0.3) is 0 Å². The van der Waals surface area contributed by atoms with Crippen LogP contribution in [0, 0.1) is 17.8 Å². The number of rotatable bonds is 7. The van der Waals surface area contributed by atoms with Gasteiger partial charge in [0, 0.05) is 11.1 Å². The minimum atomic E-state index is -1.15. The molecular weight excluding hydrogens is 482 g/mol. The highest BCUT2D eigenvalue weighted by Gasteiger charge is 2.50. The maximum absolute atomic E-state index is 13.4. The van der Waals surface area contributed by atoms with E-state index in [2.05, 4.69) is 6.92 Å². The van der Waals surface area contributed by atoms with E-state index in [9.17, 15) is 19.2 Å². The van der Waals surface area contributed by atoms with Crippen LogP contribution >= 0.6 is 0 Å². The van der Waals surface area contributed by atoms with Crippen molar-refractivity contribution in [2.75, 3.05) is 12.0 Å². The number of hydrogen-bond donors (Lipinski definition) is 0. The number of nitrogens with zero attached hydrogens (tertiary/aromatic N) is 1. The van der Waals surface area contributed by atoms with Crippen LogP contribution in [-0.4, -0.2) is 30.7 Å². The Hall–Kier alpha value is -4.26. The summed E-state index contributed by atoms with van der Waals surface area (Å²) < 4.78 is 10.9. The number of amides is 2. The van der Waals surface area contributed by atoms with E-state index >= 15 is 0 Å². The van der Waals surface area contributed by atoms with Crippen molar-refractivity contribution in [2.45, 2.75) is 32.3 Å². The number of ketones is 1. The van der Waals surface area contributed by atoms with Crippen molar-refractivity contribution < 1.29 is 28.7 Å². The monoisotopic (exact) mass is 511 g/mol. The number of hydrogen-bond acceptors (Lipinski definition) is 6. The predicted octanol–water partition coefficient (Wildman–Crippen LogP) is 5.40. The van der Waals surface area contributed by atoms with Gasteiger partial charge in [-0.15, -0.1) is 0 Å². The van der Waals surface area contributed by atoms with Crippen LogP contribution in [0.4, 0.5) is 5.69 Å². The van der Waals surface area contributed by atoms with Gasteiger partial charge in [-0.3, -0.25) is 19.3 Å². The number of anilines is 1. The number of ether oxygens (including phenoxy) is 2. The van der Waals surface area contributed by atoms with Crippen LogP contribution in [0.5, 0.6) is 5.75 Å². The predicted molar refractivity (Wildman–Crippen MR) is 141 cm³/mol. The molecule has 0 aromatic heterocycles. The Kier molecular flexibility index (Phi) is 7.09. The largest absolute Gasteiger partial charge is 0.497 e. The summed E-state index contributed by atoms with van der Waals surface area (Å²) in [4.78, 5) is 53.8. The normalized spacial score (nSPS) is 21.5. The lowest BCUT2D eigenvalue weighted by Crippen LogP contribution is -2.30. The van der Waals surface area contributed by atoms with Gasteiger partial charge < -0.3 is 9.47 Å². The fourth-order valence-corrected chi connectivity index (χ4v) is 5.37. The first-order valence-corrected chi connectivity index (χ1v) is 12.8. The first-order chi connectivity index (χ1) is 18.4. The highest BCUT2D eigenvalue weighted by Crippen LogP contribution is 2.42. The van der Waals surface area contributed by atoms with Gasteiger partial charge in [0.15, 0.2) is 6.10 Å². The molecule has 7 heteroatoms. The summed E-state index contributed by atoms with van der Waals surface area (Å²) in [6.07, 6.45) is 1.24. The molecule has 3 aromatic rings. The van der Waals surface area contributed by atoms with E-state index in [0.717, 1.165) is 19.3 Å². The van der Waals surface area contributed by atoms with Crippen LogP contribution in [0.1, 0.15) is 58.6 Å². The highest BCUT2D eigenvalue weighted by molar-refractivity contribution is 6.22. The van der Waals surface area contributed by atoms with Gasteiger partial charge in [-0.2, -0.15) is 0 Å². The third-order valence-corrected chi connectivity index (χ3v) is 7.49. The molecule has 194 valence electrons. The summed E-state index contributed by atoms with van der Waals surface area (Å²) in [7, 11) is 1.54. The average molecular weight is 512 g/mol. The summed E-state index contributed by atoms with van der Waals surface area (Å²) in [5.74, 6) is -0.900. The lowest BCUT2D eigenvalue weighted by atomic mass is 9.76. The third kappa shape index (κ3) is 4.84. The molecule has 0 unspecified atom stereocenters. The number of esters is 1. The molecule has 38 heavy (non-hydrogen) atoms. The summed E-state index contributed by atoms with van der Waals surface area (Å²) in [5.41, 5.74) is 1.57. The number of benzene rings is 3. The lowest BCUT2D eigenvalue weighted by molar-refractivity contribution is -0.122. The second-order valence-corrected chi connectivity index (χ2v) is 9.98. The van der Waals surface area contributed by atoms with Gasteiger partial charge in [0.05, 0.1) is 30.2 Å². The average Bonchev–Trinajstić information content (AvgIpc) is 3.20. The fourth-order valence-electron chi connectivity index (χ4n) is 5.37. The second kappa shape index (κ2) is 10.6. The molecule has 0 bridgehead atoms. The molecule has 2 fully saturated rings. The Morgan fingerprint density at radius 3 is 2.11 bits per heavy atom. The van der Waals surface area contributed by atoms with E-state index in [-0.39, 0.29) is 35.0 Å². The minimum Gasteiger partial charge on any atom is -0.497 e. The van der Waals surface area contributed by atoms with Crippen LogP contribution in [-0.2, 0) is 14.3 Å². The van der Waals surface area contributed by atoms with Crippen molar-refractivity contribution in [1.82, 2.24) is 0 Å². The first kappa shape index (κ1) is 25.4. The maximum Gasteiger partial charge on any atom is 0.339 e. The Morgan fingerprint density at radius 1 is 0.816 bits per heavy atom. The van der Waals surface area contributed by atoms with E-state index in [1.807, 2.05) is 6.07 Å². The van der Waals surface area contributed by atoms with E-state index in [1.54, 1.807) is 67.8 Å². The highest BCUT2D eigenvalue weighted by atomic mass is 16.5. The number of carbonyl (C=O) groups excluding carboxylic acids is 4. The molecule has 0 spiro atoms. The van der Waals surface area contributed by atoms with E-state index in [0.29, 0.717) is 28.5 Å². The first-order valence-electron chi connectivity index (χ1n) is 12.8. The molecule has 1 heterocycles. The Bertz CT molecular complexity index is 1350. The van der Waals surface area contributed by atoms with Gasteiger partial charge in [-0.25, -0.2) is 4.79 Å². The van der Waals surface area contributed by atoms with Gasteiger partial charge in [-0.1, -0.05) is 37.3 Å². The Morgan fingerprint density at radius 2 is 1.45 bits per heavy atom. The zero-order valence-electron chi connectivity index (χ0n) is 21.3. The second-order valence-electron chi connectivity index (χ2n) is 9.98. The maximum atomic E-state index is 13.4. The van der Waals surface area contributed by atoms with Crippen molar-refractivity contribution in [1.29, 1.82) is 0 Å². The van der Waals surface area contributed by atoms with Crippen molar-refractivity contribution in [3.8, 4) is 5.75 Å². The molecule has 1 aliphatic carbocycles. The molecule has 0 N–H and O–H groups in total. The van der Waals surface area contributed by atoms with E-state index in [4.69, 9.17) is 9.47 Å². The van der Waals surface area contributed by atoms with Gasteiger partial charge in [0.1, 0.15) is 5.75 Å². The molecular formula is C31H29NO6. The topological polar surface area (TPSA) is 90.0 Å². The van der Waals surface area contributed by atoms with Gasteiger partial charge in [-0.05, 0) is 73.7 Å². The SMILES string of the molecule is COc1ccc(C(=O)[C@H](OC(=O)c2ccc(N3C(=O)[C@H]4C[C@H](C)CC[C@H]4C3=O)cc2)c2ccccc2)cc1. The summed E-state index contributed by atoms with van der Waals surface area (Å²) >= 11 is 0. The number of fused-ring (bicyclic) bond motifs is 1. The summed E-state index contributed by atoms with van der Waals surface area (Å²) in [6, 6.07) is 21.6. The van der Waals surface area contributed by atoms with Gasteiger partial charge in [0.2, 0.25) is 17.6 Å². The molecule has 1 saturated heterocycles. The quantitative estimate of drug-likeness (QED) is 0.240. The molecule has 1 aliphatic heterocycles. The summed E-state index contributed by atoms with van der Waals surface area (Å²) in [5, 5.41) is 0. The van der Waals surface area contributed by atoms with Crippen LogP contribution in [0.2, 0.25) is 0 Å². The molecule has 5 rings (SSSR count). The Labute approximate surface area is 221 Å². The zero-order chi connectivity index (χ0) is 26.8. The zero-order valence-corrected chi connectivity index (χ0v) is 21.3. The standard InChI is InChI=1S/C31H29NO6/c1-19-8-17-25-26(18-19)30(35)32(29(25)34)23-13-9-22(10-14-23)31(36)38-28(21-6-4-3-5-7-21)27(33)20-11-15-24(37-2)16-12-20/h3-7,9-16,19,25-26,28H,8,17-18H2,1-2H3/t19-,25-,26+,28-/m1/s1. The van der Waals surface area contributed by atoms with Crippen molar-refractivity contribution in [3.05, 3.63) is 95.6 Å². The molecule has 3 aromatic carbocycles. The van der Waals surface area contributed by atoms with Crippen molar-refractivity contribution in [2.24, 2.45) is 17.8 Å². The molecule has 7 nitrogen and oxygen atoms in total. The van der Waals surface area contributed by atoms with Crippen LogP contribution < -0.4 is 9.64 Å². The molecule has 0 radical (unpaired) electrons. The lowest BCUT2D eigenvalue weighted by Gasteiger charge is -2.25. The number of imide groups is 1. The smallest absolute Gasteiger partial charge is 0.339 e. The minimum absolute atomic E-state index is 0.170. The number of methoxy groups -OCH3 is 1. The van der Waals surface area contributed by atoms with E-state index in [1.165, 1.54) is 17.0 Å². The number of carbonyl (C=O) groups is 4. The third-order valence-electron chi connectivity index (χ3n) is 7.49. The van der Waals surface area contributed by atoms with Crippen LogP contribution in [0.3, 0.4) is 0 Å². The van der Waals surface area contributed by atoms with Crippen LogP contribution in [0.15, 0.2) is 78.9 Å². The molecule has 2 amide bonds. The van der Waals surface area contributed by atoms with Crippen molar-refractivity contribution in [3.63, 3.8) is 0 Å². The van der Waals surface area contributed by atoms with E-state index < -0.39 is 12.1 Å². The van der Waals surface area contributed by atoms with Crippen molar-refractivity contribution >= 4 is 29.3 Å². The summed E-state index contributed by atoms with van der Waals surface area (Å²) in [6.45, 7) is 2.11. The Balaban J connectivity index is 1.35. The fraction of sp³-hybridized carbons (Fsp3) is 0.290. The molecule has 4 atom stereocenters. The molecule has 1 saturated carbocycles. The van der Waals surface area contributed by atoms with Crippen LogP contribution in [0.25, 0.3) is 0 Å². The van der Waals surface area contributed by atoms with Gasteiger partial charge >= 0.3 is 5.97 Å². The molecule has 2 aliphatic rings. The number of Topliss-reactive ketones (excluding diaryl/α,β-unsaturated/α-hetero) is 1.